The summed E-state index contributed by atoms with van der Waals surface area (Å²) in [6.45, 7) is 0. The number of hydrogen-bond donors (Lipinski definition) is 2. The third kappa shape index (κ3) is 2.20. The number of methoxy groups -OCH3 is 1. The van der Waals surface area contributed by atoms with E-state index in [2.05, 4.69) is 27.9 Å². The molecule has 3 rings (SSSR count). The van der Waals surface area contributed by atoms with Crippen molar-refractivity contribution in [3.63, 3.8) is 0 Å². The van der Waals surface area contributed by atoms with Gasteiger partial charge in [-0.2, -0.15) is 0 Å². The van der Waals surface area contributed by atoms with Gasteiger partial charge in [-0.15, -0.1) is 0 Å². The summed E-state index contributed by atoms with van der Waals surface area (Å²) >= 11 is 8.15. The lowest BCUT2D eigenvalue weighted by atomic mass is 9.87. The zero-order valence-corrected chi connectivity index (χ0v) is 13.9. The number of benzene rings is 2. The van der Waals surface area contributed by atoms with Gasteiger partial charge in [-0.05, 0) is 46.9 Å². The summed E-state index contributed by atoms with van der Waals surface area (Å²) in [7, 11) is 1.49. The van der Waals surface area contributed by atoms with E-state index in [1.165, 1.54) is 7.11 Å². The summed E-state index contributed by atoms with van der Waals surface area (Å²) in [5, 5.41) is 14.1. The van der Waals surface area contributed by atoms with Gasteiger partial charge in [0.25, 0.3) is 5.91 Å². The molecule has 4 nitrogen and oxygen atoms in total. The Morgan fingerprint density at radius 2 is 2.05 bits per heavy atom. The van der Waals surface area contributed by atoms with Crippen LogP contribution in [0.15, 0.2) is 36.4 Å². The van der Waals surface area contributed by atoms with Gasteiger partial charge in [0.05, 0.1) is 12.1 Å². The van der Waals surface area contributed by atoms with Crippen LogP contribution in [-0.4, -0.2) is 18.1 Å². The number of anilines is 1. The maximum Gasteiger partial charge on any atom is 0.265 e. The van der Waals surface area contributed by atoms with Crippen molar-refractivity contribution in [1.29, 1.82) is 0 Å². The van der Waals surface area contributed by atoms with Crippen molar-refractivity contribution in [1.82, 2.24) is 0 Å². The number of carbonyl (C=O) groups excluding carboxylic acids is 1. The minimum Gasteiger partial charge on any atom is -0.495 e. The van der Waals surface area contributed by atoms with Crippen LogP contribution < -0.4 is 10.1 Å². The Morgan fingerprint density at radius 3 is 2.76 bits per heavy atom. The largest absolute Gasteiger partial charge is 0.495 e. The van der Waals surface area contributed by atoms with Crippen LogP contribution in [0, 0.1) is 3.57 Å². The number of aliphatic hydroxyl groups is 1. The van der Waals surface area contributed by atoms with Crippen LogP contribution >= 0.6 is 34.2 Å². The highest BCUT2D eigenvalue weighted by molar-refractivity contribution is 14.1. The third-order valence-electron chi connectivity index (χ3n) is 3.52. The Bertz CT molecular complexity index is 750. The summed E-state index contributed by atoms with van der Waals surface area (Å²) in [6.07, 6.45) is 0. The first-order valence-electron chi connectivity index (χ1n) is 6.14. The maximum atomic E-state index is 12.3. The molecule has 1 unspecified atom stereocenters. The predicted molar refractivity (Wildman–Crippen MR) is 88.8 cm³/mol. The molecular formula is C15H11ClINO3. The molecule has 0 saturated heterocycles. The van der Waals surface area contributed by atoms with Crippen LogP contribution in [0.4, 0.5) is 5.69 Å². The quantitative estimate of drug-likeness (QED) is 0.741. The molecule has 2 aromatic carbocycles. The number of carbonyl (C=O) groups is 1. The molecule has 1 amide bonds. The van der Waals surface area contributed by atoms with Gasteiger partial charge < -0.3 is 15.2 Å². The molecule has 0 fully saturated rings. The van der Waals surface area contributed by atoms with E-state index in [4.69, 9.17) is 16.3 Å². The topological polar surface area (TPSA) is 58.6 Å². The highest BCUT2D eigenvalue weighted by Gasteiger charge is 2.47. The summed E-state index contributed by atoms with van der Waals surface area (Å²) in [5.41, 5.74) is -0.181. The molecule has 1 aliphatic rings. The van der Waals surface area contributed by atoms with E-state index in [0.717, 1.165) is 3.57 Å². The first-order chi connectivity index (χ1) is 9.96. The van der Waals surface area contributed by atoms with E-state index in [9.17, 15) is 9.90 Å². The van der Waals surface area contributed by atoms with E-state index in [0.29, 0.717) is 27.6 Å². The fourth-order valence-electron chi connectivity index (χ4n) is 2.44. The van der Waals surface area contributed by atoms with E-state index in [-0.39, 0.29) is 0 Å². The number of rotatable bonds is 2. The van der Waals surface area contributed by atoms with Crippen molar-refractivity contribution in [2.75, 3.05) is 12.4 Å². The number of hydrogen-bond acceptors (Lipinski definition) is 3. The molecule has 0 spiro atoms. The zero-order valence-electron chi connectivity index (χ0n) is 11.0. The van der Waals surface area contributed by atoms with E-state index < -0.39 is 11.5 Å². The van der Waals surface area contributed by atoms with Crippen LogP contribution in [-0.2, 0) is 10.4 Å². The van der Waals surface area contributed by atoms with Crippen molar-refractivity contribution in [3.8, 4) is 5.75 Å². The molecule has 0 radical (unpaired) electrons. The Kier molecular flexibility index (Phi) is 3.59. The average molecular weight is 416 g/mol. The number of ether oxygens (including phenoxy) is 1. The van der Waals surface area contributed by atoms with Crippen LogP contribution in [0.3, 0.4) is 0 Å². The minimum absolute atomic E-state index is 0.411. The molecule has 0 saturated carbocycles. The van der Waals surface area contributed by atoms with Crippen molar-refractivity contribution < 1.29 is 14.6 Å². The third-order valence-corrected chi connectivity index (χ3v) is 4.50. The molecule has 108 valence electrons. The van der Waals surface area contributed by atoms with Gasteiger partial charge in [-0.3, -0.25) is 4.79 Å². The second-order valence-electron chi connectivity index (χ2n) is 4.70. The summed E-state index contributed by atoms with van der Waals surface area (Å²) < 4.78 is 6.13. The Hall–Kier alpha value is -1.31. The first kappa shape index (κ1) is 14.6. The summed E-state index contributed by atoms with van der Waals surface area (Å²) in [6, 6.07) is 10.2. The highest BCUT2D eigenvalue weighted by atomic mass is 127. The van der Waals surface area contributed by atoms with Gasteiger partial charge in [-0.1, -0.05) is 23.7 Å². The second-order valence-corrected chi connectivity index (χ2v) is 6.36. The lowest BCUT2D eigenvalue weighted by molar-refractivity contribution is -0.129. The maximum absolute atomic E-state index is 12.3. The molecule has 1 atom stereocenters. The monoisotopic (exact) mass is 415 g/mol. The van der Waals surface area contributed by atoms with Crippen molar-refractivity contribution >= 4 is 45.8 Å². The molecule has 2 aromatic rings. The molecular weight excluding hydrogens is 405 g/mol. The van der Waals surface area contributed by atoms with Gasteiger partial charge in [0.1, 0.15) is 5.75 Å². The first-order valence-corrected chi connectivity index (χ1v) is 7.60. The average Bonchev–Trinajstić information content (AvgIpc) is 2.71. The highest BCUT2D eigenvalue weighted by Crippen LogP contribution is 2.43. The Morgan fingerprint density at radius 1 is 1.29 bits per heavy atom. The lowest BCUT2D eigenvalue weighted by Gasteiger charge is -2.22. The van der Waals surface area contributed by atoms with E-state index in [1.54, 1.807) is 24.3 Å². The SMILES string of the molecule is COc1cc(C2(O)C(=O)Nc3cc(I)ccc32)ccc1Cl. The van der Waals surface area contributed by atoms with Crippen molar-refractivity contribution in [2.45, 2.75) is 5.60 Å². The van der Waals surface area contributed by atoms with Crippen LogP contribution in [0.2, 0.25) is 5.02 Å². The fraction of sp³-hybridized carbons (Fsp3) is 0.133. The molecule has 6 heteroatoms. The van der Waals surface area contributed by atoms with Crippen LogP contribution in [0.5, 0.6) is 5.75 Å². The Balaban J connectivity index is 2.19. The normalized spacial score (nSPS) is 20.1. The van der Waals surface area contributed by atoms with E-state index in [1.807, 2.05) is 12.1 Å². The molecule has 0 aromatic heterocycles. The van der Waals surface area contributed by atoms with Crippen molar-refractivity contribution in [3.05, 3.63) is 56.1 Å². The predicted octanol–water partition coefficient (Wildman–Crippen LogP) is 3.14. The fourth-order valence-corrected chi connectivity index (χ4v) is 3.13. The second kappa shape index (κ2) is 5.15. The molecule has 0 bridgehead atoms. The zero-order chi connectivity index (χ0) is 15.2. The molecule has 1 aliphatic heterocycles. The number of halogens is 2. The molecule has 21 heavy (non-hydrogen) atoms. The van der Waals surface area contributed by atoms with Crippen LogP contribution in [0.25, 0.3) is 0 Å². The standard InChI is InChI=1S/C15H11ClINO3/c1-21-13-6-8(2-5-11(13)16)15(20)10-4-3-9(17)7-12(10)18-14(15)19/h2-7,20H,1H3,(H,18,19). The van der Waals surface area contributed by atoms with E-state index >= 15 is 0 Å². The number of amides is 1. The summed E-state index contributed by atoms with van der Waals surface area (Å²) in [4.78, 5) is 12.3. The molecule has 2 N–H and O–H groups in total. The Labute approximate surface area is 140 Å². The van der Waals surface area contributed by atoms with Crippen LogP contribution in [0.1, 0.15) is 11.1 Å². The van der Waals surface area contributed by atoms with Gasteiger partial charge in [0.2, 0.25) is 0 Å². The number of nitrogens with one attached hydrogen (secondary N) is 1. The van der Waals surface area contributed by atoms with Crippen molar-refractivity contribution in [2.24, 2.45) is 0 Å². The molecule has 0 aliphatic carbocycles. The summed E-state index contributed by atoms with van der Waals surface area (Å²) in [5.74, 6) is -0.0711. The van der Waals surface area contributed by atoms with Gasteiger partial charge in [0, 0.05) is 20.4 Å². The molecule has 1 heterocycles. The van der Waals surface area contributed by atoms with Gasteiger partial charge in [0.15, 0.2) is 5.60 Å². The minimum atomic E-state index is -1.74. The smallest absolute Gasteiger partial charge is 0.265 e. The van der Waals surface area contributed by atoms with Gasteiger partial charge in [-0.25, -0.2) is 0 Å². The van der Waals surface area contributed by atoms with Gasteiger partial charge >= 0.3 is 0 Å². The lowest BCUT2D eigenvalue weighted by Crippen LogP contribution is -2.35. The number of fused-ring (bicyclic) bond motifs is 1.